The smallest absolute Gasteiger partial charge is 0.404 e. The van der Waals surface area contributed by atoms with Gasteiger partial charge in [0.05, 0.1) is 28.8 Å². The summed E-state index contributed by atoms with van der Waals surface area (Å²) in [7, 11) is 0. The third-order valence-corrected chi connectivity index (χ3v) is 5.91. The second-order valence-electron chi connectivity index (χ2n) is 8.75. The molecule has 0 aliphatic heterocycles. The standard InChI is InChI=1S/C28H22F6N4O2/c29-27(30,31)20-10-6-9-19(15-20)26(16-18-7-2-1-3-8-18,24-14-13-21(35)17-36-24)38-25(39)37-22-11-4-5-12-23(22)40-28(32,33)34/h1-15,17H,16,35H2,(H2,37,38,39). The van der Waals surface area contributed by atoms with Crippen molar-refractivity contribution in [2.45, 2.75) is 24.5 Å². The minimum absolute atomic E-state index is 0.0263. The van der Waals surface area contributed by atoms with E-state index in [1.54, 1.807) is 30.3 Å². The Hall–Kier alpha value is -4.74. The van der Waals surface area contributed by atoms with Crippen molar-refractivity contribution in [3.8, 4) is 5.75 Å². The van der Waals surface area contributed by atoms with Crippen LogP contribution in [0.4, 0.5) is 42.5 Å². The number of hydrogen-bond donors (Lipinski definition) is 3. The van der Waals surface area contributed by atoms with Crippen molar-refractivity contribution >= 4 is 17.4 Å². The number of benzene rings is 3. The lowest BCUT2D eigenvalue weighted by Crippen LogP contribution is -2.50. The van der Waals surface area contributed by atoms with E-state index in [9.17, 15) is 31.1 Å². The summed E-state index contributed by atoms with van der Waals surface area (Å²) in [6.45, 7) is 0. The highest BCUT2D eigenvalue weighted by Crippen LogP contribution is 2.37. The van der Waals surface area contributed by atoms with Gasteiger partial charge in [-0.2, -0.15) is 13.2 Å². The molecule has 0 saturated carbocycles. The van der Waals surface area contributed by atoms with Crippen molar-refractivity contribution in [3.63, 3.8) is 0 Å². The van der Waals surface area contributed by atoms with Crippen molar-refractivity contribution in [3.05, 3.63) is 120 Å². The maximum atomic E-state index is 13.7. The highest BCUT2D eigenvalue weighted by molar-refractivity contribution is 5.92. The largest absolute Gasteiger partial charge is 0.573 e. The van der Waals surface area contributed by atoms with E-state index < -0.39 is 35.4 Å². The molecule has 0 fully saturated rings. The predicted octanol–water partition coefficient (Wildman–Crippen LogP) is 6.89. The molecule has 0 radical (unpaired) electrons. The van der Waals surface area contributed by atoms with Gasteiger partial charge in [-0.15, -0.1) is 13.2 Å². The Bertz CT molecular complexity index is 1460. The van der Waals surface area contributed by atoms with Crippen LogP contribution in [-0.2, 0) is 18.1 Å². The molecule has 4 rings (SSSR count). The molecule has 4 aromatic rings. The number of halogens is 6. The van der Waals surface area contributed by atoms with Gasteiger partial charge in [-0.1, -0.05) is 54.6 Å². The average Bonchev–Trinajstić information content (AvgIpc) is 2.89. The number of rotatable bonds is 7. The predicted molar refractivity (Wildman–Crippen MR) is 136 cm³/mol. The summed E-state index contributed by atoms with van der Waals surface area (Å²) < 4.78 is 84.0. The fraction of sp³-hybridized carbons (Fsp3) is 0.143. The molecule has 0 bridgehead atoms. The van der Waals surface area contributed by atoms with Gasteiger partial charge in [-0.05, 0) is 47.5 Å². The van der Waals surface area contributed by atoms with E-state index in [1.165, 1.54) is 48.7 Å². The maximum absolute atomic E-state index is 13.7. The molecule has 4 N–H and O–H groups in total. The monoisotopic (exact) mass is 560 g/mol. The molecule has 0 saturated heterocycles. The second-order valence-corrected chi connectivity index (χ2v) is 8.75. The van der Waals surface area contributed by atoms with Gasteiger partial charge in [0.15, 0.2) is 5.75 Å². The number of pyridine rings is 1. The normalized spacial score (nSPS) is 13.2. The zero-order chi connectivity index (χ0) is 29.0. The maximum Gasteiger partial charge on any atom is 0.573 e. The van der Waals surface area contributed by atoms with E-state index in [1.807, 2.05) is 0 Å². The lowest BCUT2D eigenvalue weighted by atomic mass is 9.80. The first kappa shape index (κ1) is 28.3. The molecule has 6 nitrogen and oxygen atoms in total. The van der Waals surface area contributed by atoms with Gasteiger partial charge in [0.25, 0.3) is 0 Å². The molecule has 12 heteroatoms. The van der Waals surface area contributed by atoms with Gasteiger partial charge >= 0.3 is 18.6 Å². The van der Waals surface area contributed by atoms with Crippen LogP contribution in [0.15, 0.2) is 97.2 Å². The third-order valence-electron chi connectivity index (χ3n) is 5.91. The summed E-state index contributed by atoms with van der Waals surface area (Å²) in [5.41, 5.74) is 3.84. The molecule has 1 unspecified atom stereocenters. The van der Waals surface area contributed by atoms with Crippen LogP contribution < -0.4 is 21.1 Å². The first-order chi connectivity index (χ1) is 18.9. The lowest BCUT2D eigenvalue weighted by Gasteiger charge is -2.36. The SMILES string of the molecule is Nc1ccc(C(Cc2ccccc2)(NC(=O)Nc2ccccc2OC(F)(F)F)c2cccc(C(F)(F)F)c2)nc1. The number of anilines is 2. The van der Waals surface area contributed by atoms with Crippen LogP contribution in [0.5, 0.6) is 5.75 Å². The fourth-order valence-corrected chi connectivity index (χ4v) is 4.17. The van der Waals surface area contributed by atoms with Gasteiger partial charge < -0.3 is 21.1 Å². The number of nitrogens with zero attached hydrogens (tertiary/aromatic N) is 1. The zero-order valence-corrected chi connectivity index (χ0v) is 20.6. The number of nitrogens with two attached hydrogens (primary N) is 1. The Kier molecular flexibility index (Phi) is 7.89. The van der Waals surface area contributed by atoms with Crippen LogP contribution in [0.2, 0.25) is 0 Å². The zero-order valence-electron chi connectivity index (χ0n) is 20.6. The summed E-state index contributed by atoms with van der Waals surface area (Å²) in [4.78, 5) is 17.7. The number of amides is 2. The van der Waals surface area contributed by atoms with Gasteiger partial charge in [-0.3, -0.25) is 4.98 Å². The summed E-state index contributed by atoms with van der Waals surface area (Å²) in [6, 6.07) is 19.7. The fourth-order valence-electron chi connectivity index (χ4n) is 4.17. The first-order valence-corrected chi connectivity index (χ1v) is 11.7. The Labute approximate surface area is 224 Å². The molecule has 0 spiro atoms. The number of para-hydroxylation sites is 2. The lowest BCUT2D eigenvalue weighted by molar-refractivity contribution is -0.274. The Balaban J connectivity index is 1.84. The molecular formula is C28H22F6N4O2. The number of aromatic nitrogens is 1. The average molecular weight is 560 g/mol. The van der Waals surface area contributed by atoms with Crippen LogP contribution in [-0.4, -0.2) is 17.4 Å². The van der Waals surface area contributed by atoms with Crippen molar-refractivity contribution in [2.75, 3.05) is 11.1 Å². The van der Waals surface area contributed by atoms with Crippen molar-refractivity contribution in [1.29, 1.82) is 0 Å². The van der Waals surface area contributed by atoms with Gasteiger partial charge in [0.2, 0.25) is 0 Å². The molecule has 1 atom stereocenters. The van der Waals surface area contributed by atoms with Crippen LogP contribution in [0.1, 0.15) is 22.4 Å². The second kappa shape index (κ2) is 11.2. The summed E-state index contributed by atoms with van der Waals surface area (Å²) in [6.07, 6.45) is -8.51. The van der Waals surface area contributed by atoms with Crippen molar-refractivity contribution in [2.24, 2.45) is 0 Å². The quantitative estimate of drug-likeness (QED) is 0.215. The number of carbonyl (C=O) groups is 1. The van der Waals surface area contributed by atoms with E-state index in [0.717, 1.165) is 18.2 Å². The topological polar surface area (TPSA) is 89.3 Å². The Morgan fingerprint density at radius 3 is 2.15 bits per heavy atom. The van der Waals surface area contributed by atoms with Crippen LogP contribution in [0.25, 0.3) is 0 Å². The van der Waals surface area contributed by atoms with Crippen LogP contribution in [0.3, 0.4) is 0 Å². The number of carbonyl (C=O) groups excluding carboxylic acids is 1. The number of alkyl halides is 6. The molecule has 208 valence electrons. The molecule has 2 amide bonds. The van der Waals surface area contributed by atoms with E-state index in [-0.39, 0.29) is 29.1 Å². The summed E-state index contributed by atoms with van der Waals surface area (Å²) in [5.74, 6) is -0.677. The van der Waals surface area contributed by atoms with Gasteiger partial charge in [0, 0.05) is 6.42 Å². The molecule has 0 aliphatic carbocycles. The Morgan fingerprint density at radius 1 is 0.825 bits per heavy atom. The van der Waals surface area contributed by atoms with Crippen LogP contribution in [0, 0.1) is 0 Å². The van der Waals surface area contributed by atoms with E-state index in [4.69, 9.17) is 5.73 Å². The molecular weight excluding hydrogens is 538 g/mol. The van der Waals surface area contributed by atoms with E-state index in [2.05, 4.69) is 20.4 Å². The molecule has 40 heavy (non-hydrogen) atoms. The van der Waals surface area contributed by atoms with Crippen molar-refractivity contribution < 1.29 is 35.9 Å². The highest BCUT2D eigenvalue weighted by atomic mass is 19.4. The molecule has 1 aromatic heterocycles. The third kappa shape index (κ3) is 6.82. The number of ether oxygens (including phenoxy) is 1. The molecule has 1 heterocycles. The first-order valence-electron chi connectivity index (χ1n) is 11.7. The van der Waals surface area contributed by atoms with Gasteiger partial charge in [0.1, 0.15) is 5.54 Å². The van der Waals surface area contributed by atoms with E-state index in [0.29, 0.717) is 5.56 Å². The highest BCUT2D eigenvalue weighted by Gasteiger charge is 2.40. The Morgan fingerprint density at radius 2 is 1.50 bits per heavy atom. The number of nitrogens with one attached hydrogen (secondary N) is 2. The molecule has 0 aliphatic rings. The number of nitrogen functional groups attached to an aromatic ring is 1. The minimum atomic E-state index is -5.03. The molecule has 3 aromatic carbocycles. The summed E-state index contributed by atoms with van der Waals surface area (Å²) >= 11 is 0. The summed E-state index contributed by atoms with van der Waals surface area (Å²) in [5, 5.41) is 5.01. The number of urea groups is 1. The van der Waals surface area contributed by atoms with Crippen LogP contribution >= 0.6 is 0 Å². The van der Waals surface area contributed by atoms with Crippen molar-refractivity contribution in [1.82, 2.24) is 10.3 Å². The number of hydrogen-bond acceptors (Lipinski definition) is 4. The minimum Gasteiger partial charge on any atom is -0.404 e. The van der Waals surface area contributed by atoms with Gasteiger partial charge in [-0.25, -0.2) is 4.79 Å². The van der Waals surface area contributed by atoms with E-state index >= 15 is 0 Å².